The molecule has 7 nitrogen and oxygen atoms in total. The van der Waals surface area contributed by atoms with Gasteiger partial charge in [0.05, 0.1) is 12.0 Å². The van der Waals surface area contributed by atoms with Gasteiger partial charge >= 0.3 is 0 Å². The van der Waals surface area contributed by atoms with E-state index in [1.807, 2.05) is 24.3 Å². The number of benzene rings is 2. The van der Waals surface area contributed by atoms with Crippen LogP contribution >= 0.6 is 0 Å². The molecule has 0 aromatic heterocycles. The first kappa shape index (κ1) is 18.9. The number of ether oxygens (including phenoxy) is 1. The lowest BCUT2D eigenvalue weighted by Crippen LogP contribution is -2.35. The summed E-state index contributed by atoms with van der Waals surface area (Å²) in [5.74, 6) is 0.742. The van der Waals surface area contributed by atoms with Gasteiger partial charge in [-0.15, -0.1) is 0 Å². The van der Waals surface area contributed by atoms with Crippen molar-refractivity contribution in [3.05, 3.63) is 59.7 Å². The summed E-state index contributed by atoms with van der Waals surface area (Å²) in [7, 11) is -0.330. The van der Waals surface area contributed by atoms with Crippen molar-refractivity contribution in [1.82, 2.24) is 9.62 Å². The van der Waals surface area contributed by atoms with Crippen molar-refractivity contribution >= 4 is 21.8 Å². The maximum Gasteiger partial charge on any atom is 0.263 e. The van der Waals surface area contributed by atoms with E-state index in [1.165, 1.54) is 6.07 Å². The summed E-state index contributed by atoms with van der Waals surface area (Å²) in [5, 5.41) is 0. The van der Waals surface area contributed by atoms with Crippen molar-refractivity contribution in [3.8, 4) is 5.75 Å². The van der Waals surface area contributed by atoms with Crippen LogP contribution in [0.4, 0.5) is 0 Å². The molecule has 0 bridgehead atoms. The number of hydrogen-bond acceptors (Lipinski definition) is 5. The first-order chi connectivity index (χ1) is 12.8. The van der Waals surface area contributed by atoms with Crippen molar-refractivity contribution in [3.63, 3.8) is 0 Å². The predicted molar refractivity (Wildman–Crippen MR) is 102 cm³/mol. The van der Waals surface area contributed by atoms with Gasteiger partial charge in [0.15, 0.2) is 0 Å². The Morgan fingerprint density at radius 1 is 1.19 bits per heavy atom. The number of aliphatic imine (C=N–C) groups is 1. The van der Waals surface area contributed by atoms with E-state index < -0.39 is 16.1 Å². The van der Waals surface area contributed by atoms with Crippen molar-refractivity contribution in [2.24, 2.45) is 4.99 Å². The van der Waals surface area contributed by atoms with Crippen LogP contribution in [0.3, 0.4) is 0 Å². The number of amides is 1. The Balaban J connectivity index is 1.74. The van der Waals surface area contributed by atoms with Crippen LogP contribution in [0.15, 0.2) is 58.4 Å². The Bertz CT molecular complexity index is 984. The van der Waals surface area contributed by atoms with Crippen molar-refractivity contribution in [2.75, 3.05) is 14.2 Å². The standard InChI is InChI=1S/C19H21N3O4S/c1-13(19(23)22(2)12-14-8-10-15(26-3)11-9-14)20-18-16-6-4-5-7-17(16)27(24,25)21-18/h4-11,13H,12H2,1-3H3,(H,20,21)/t13-/m0/s1. The van der Waals surface area contributed by atoms with Crippen LogP contribution in [0.2, 0.25) is 0 Å². The minimum absolute atomic E-state index is 0.176. The minimum Gasteiger partial charge on any atom is -0.497 e. The zero-order valence-electron chi connectivity index (χ0n) is 15.3. The number of methoxy groups -OCH3 is 1. The first-order valence-corrected chi connectivity index (χ1v) is 9.88. The summed E-state index contributed by atoms with van der Waals surface area (Å²) >= 11 is 0. The van der Waals surface area contributed by atoms with Crippen LogP contribution in [-0.2, 0) is 21.4 Å². The van der Waals surface area contributed by atoms with Crippen LogP contribution in [-0.4, -0.2) is 45.3 Å². The number of carbonyl (C=O) groups excluding carboxylic acids is 1. The summed E-state index contributed by atoms with van der Waals surface area (Å²) in [6.07, 6.45) is 0. The Kier molecular flexibility index (Phi) is 5.18. The fraction of sp³-hybridized carbons (Fsp3) is 0.263. The van der Waals surface area contributed by atoms with Gasteiger partial charge in [0, 0.05) is 19.2 Å². The van der Waals surface area contributed by atoms with Crippen LogP contribution in [0.5, 0.6) is 5.75 Å². The SMILES string of the molecule is COc1ccc(CN(C)C(=O)[C@H](C)N=C2NS(=O)(=O)c3ccccc32)cc1. The average Bonchev–Trinajstić information content (AvgIpc) is 2.92. The molecule has 2 aromatic rings. The molecule has 0 fully saturated rings. The van der Waals surface area contributed by atoms with E-state index in [4.69, 9.17) is 4.74 Å². The van der Waals surface area contributed by atoms with Crippen LogP contribution < -0.4 is 9.46 Å². The molecule has 0 spiro atoms. The number of sulfonamides is 1. The number of rotatable bonds is 5. The smallest absolute Gasteiger partial charge is 0.263 e. The number of carbonyl (C=O) groups is 1. The predicted octanol–water partition coefficient (Wildman–Crippen LogP) is 1.78. The van der Waals surface area contributed by atoms with Crippen LogP contribution in [0, 0.1) is 0 Å². The van der Waals surface area contributed by atoms with E-state index in [9.17, 15) is 13.2 Å². The highest BCUT2D eigenvalue weighted by atomic mass is 32.2. The fourth-order valence-corrected chi connectivity index (χ4v) is 4.12. The number of nitrogens with zero attached hydrogens (tertiary/aromatic N) is 2. The third-order valence-corrected chi connectivity index (χ3v) is 5.70. The maximum atomic E-state index is 12.6. The van der Waals surface area contributed by atoms with E-state index >= 15 is 0 Å². The lowest BCUT2D eigenvalue weighted by molar-refractivity contribution is -0.131. The molecule has 1 aliphatic rings. The second kappa shape index (κ2) is 7.40. The molecule has 0 unspecified atom stereocenters. The average molecular weight is 387 g/mol. The van der Waals surface area contributed by atoms with E-state index in [2.05, 4.69) is 9.71 Å². The molecule has 1 heterocycles. The number of likely N-dealkylation sites (N-methyl/N-ethyl adjacent to an activating group) is 1. The monoisotopic (exact) mass is 387 g/mol. The second-order valence-electron chi connectivity index (χ2n) is 6.30. The van der Waals surface area contributed by atoms with Crippen molar-refractivity contribution in [2.45, 2.75) is 24.4 Å². The lowest BCUT2D eigenvalue weighted by Gasteiger charge is -2.20. The topological polar surface area (TPSA) is 88.1 Å². The molecular weight excluding hydrogens is 366 g/mol. The van der Waals surface area contributed by atoms with Gasteiger partial charge in [0.25, 0.3) is 10.0 Å². The van der Waals surface area contributed by atoms with Gasteiger partial charge in [-0.2, -0.15) is 0 Å². The van der Waals surface area contributed by atoms with Crippen LogP contribution in [0.1, 0.15) is 18.1 Å². The molecule has 2 aromatic carbocycles. The first-order valence-electron chi connectivity index (χ1n) is 8.40. The second-order valence-corrected chi connectivity index (χ2v) is 7.95. The van der Waals surface area contributed by atoms with E-state index in [1.54, 1.807) is 44.2 Å². The molecule has 1 atom stereocenters. The molecular formula is C19H21N3O4S. The van der Waals surface area contributed by atoms with E-state index in [0.29, 0.717) is 12.1 Å². The Hall–Kier alpha value is -2.87. The molecule has 0 saturated carbocycles. The molecule has 1 amide bonds. The van der Waals surface area contributed by atoms with Gasteiger partial charge < -0.3 is 9.64 Å². The summed E-state index contributed by atoms with van der Waals surface area (Å²) in [6.45, 7) is 2.06. The highest BCUT2D eigenvalue weighted by Gasteiger charge is 2.31. The van der Waals surface area contributed by atoms with Crippen molar-refractivity contribution < 1.29 is 17.9 Å². The summed E-state index contributed by atoms with van der Waals surface area (Å²) in [4.78, 5) is 18.7. The number of amidine groups is 1. The molecule has 0 saturated heterocycles. The van der Waals surface area contributed by atoms with Gasteiger partial charge in [-0.3, -0.25) is 14.5 Å². The molecule has 1 aliphatic heterocycles. The lowest BCUT2D eigenvalue weighted by atomic mass is 10.2. The Morgan fingerprint density at radius 3 is 2.52 bits per heavy atom. The largest absolute Gasteiger partial charge is 0.497 e. The Labute approximate surface area is 158 Å². The van der Waals surface area contributed by atoms with Crippen molar-refractivity contribution in [1.29, 1.82) is 0 Å². The summed E-state index contributed by atoms with van der Waals surface area (Å²) in [5.41, 5.74) is 1.44. The van der Waals surface area contributed by atoms with Gasteiger partial charge in [-0.05, 0) is 36.8 Å². The molecule has 27 heavy (non-hydrogen) atoms. The Morgan fingerprint density at radius 2 is 1.85 bits per heavy atom. The zero-order chi connectivity index (χ0) is 19.6. The third-order valence-electron chi connectivity index (χ3n) is 4.30. The molecule has 3 rings (SSSR count). The molecule has 8 heteroatoms. The number of fused-ring (bicyclic) bond motifs is 1. The molecule has 142 valence electrons. The normalized spacial score (nSPS) is 17.1. The van der Waals surface area contributed by atoms with Gasteiger partial charge in [-0.25, -0.2) is 8.42 Å². The minimum atomic E-state index is -3.62. The highest BCUT2D eigenvalue weighted by Crippen LogP contribution is 2.22. The molecule has 0 aliphatic carbocycles. The summed E-state index contributed by atoms with van der Waals surface area (Å²) in [6, 6.07) is 13.3. The van der Waals surface area contributed by atoms with E-state index in [-0.39, 0.29) is 16.6 Å². The molecule has 1 N–H and O–H groups in total. The number of hydrogen-bond donors (Lipinski definition) is 1. The van der Waals surface area contributed by atoms with E-state index in [0.717, 1.165) is 11.3 Å². The quantitative estimate of drug-likeness (QED) is 0.847. The summed E-state index contributed by atoms with van der Waals surface area (Å²) < 4.78 is 31.8. The van der Waals surface area contributed by atoms with Gasteiger partial charge in [-0.1, -0.05) is 24.3 Å². The molecule has 0 radical (unpaired) electrons. The van der Waals surface area contributed by atoms with Gasteiger partial charge in [0.1, 0.15) is 17.6 Å². The van der Waals surface area contributed by atoms with Gasteiger partial charge in [0.2, 0.25) is 5.91 Å². The zero-order valence-corrected chi connectivity index (χ0v) is 16.2. The van der Waals surface area contributed by atoms with Crippen LogP contribution in [0.25, 0.3) is 0 Å². The fourth-order valence-electron chi connectivity index (χ4n) is 2.88. The highest BCUT2D eigenvalue weighted by molar-refractivity contribution is 7.90. The third kappa shape index (κ3) is 3.95. The maximum absolute atomic E-state index is 12.6. The number of nitrogens with one attached hydrogen (secondary N) is 1.